The van der Waals surface area contributed by atoms with Crippen molar-refractivity contribution in [3.8, 4) is 16.8 Å². The molecule has 1 amide bonds. The molecule has 0 N–H and O–H groups in total. The van der Waals surface area contributed by atoms with Crippen LogP contribution in [0.15, 0.2) is 97.5 Å². The first-order valence-corrected chi connectivity index (χ1v) is 13.4. The Morgan fingerprint density at radius 1 is 0.927 bits per heavy atom. The molecule has 3 heterocycles. The van der Waals surface area contributed by atoms with Crippen molar-refractivity contribution in [1.29, 1.82) is 0 Å². The fourth-order valence-electron chi connectivity index (χ4n) is 5.18. The topological polar surface area (TPSA) is 97.4 Å². The molecule has 1 saturated heterocycles. The Labute approximate surface area is 237 Å². The number of amides is 1. The SMILES string of the molecule is Cc1ccc(-n2cc(-c3ccccc3)c3c(N4CCN(C(=O)/C=C/c5cccc([N+](=O)[O-])c5)CC4)ncnc32)cc1. The second kappa shape index (κ2) is 11.1. The van der Waals surface area contributed by atoms with Gasteiger partial charge in [0.2, 0.25) is 5.91 Å². The lowest BCUT2D eigenvalue weighted by Gasteiger charge is -2.35. The van der Waals surface area contributed by atoms with Gasteiger partial charge in [0, 0.05) is 61.8 Å². The van der Waals surface area contributed by atoms with Crippen LogP contribution >= 0.6 is 0 Å². The lowest BCUT2D eigenvalue weighted by molar-refractivity contribution is -0.384. The standard InChI is InChI=1S/C32H28N6O3/c1-23-10-13-26(14-11-23)37-21-28(25-7-3-2-4-8-25)30-31(33-22-34-32(30)37)36-18-16-35(17-19-36)29(39)15-12-24-6-5-9-27(20-24)38(40)41/h2-15,20-22H,16-19H2,1H3/b15-12+. The van der Waals surface area contributed by atoms with E-state index in [1.807, 2.05) is 18.2 Å². The van der Waals surface area contributed by atoms with Gasteiger partial charge in [-0.15, -0.1) is 0 Å². The Morgan fingerprint density at radius 3 is 2.41 bits per heavy atom. The largest absolute Gasteiger partial charge is 0.352 e. The Balaban J connectivity index is 1.27. The van der Waals surface area contributed by atoms with Crippen LogP contribution in [0.2, 0.25) is 0 Å². The zero-order chi connectivity index (χ0) is 28.3. The van der Waals surface area contributed by atoms with Gasteiger partial charge in [0.15, 0.2) is 5.65 Å². The summed E-state index contributed by atoms with van der Waals surface area (Å²) in [6.45, 7) is 4.37. The van der Waals surface area contributed by atoms with Gasteiger partial charge >= 0.3 is 0 Å². The molecule has 0 unspecified atom stereocenters. The van der Waals surface area contributed by atoms with E-state index in [4.69, 9.17) is 9.97 Å². The number of nitrogens with zero attached hydrogens (tertiary/aromatic N) is 6. The van der Waals surface area contributed by atoms with E-state index < -0.39 is 4.92 Å². The highest BCUT2D eigenvalue weighted by molar-refractivity contribution is 6.02. The number of carbonyl (C=O) groups excluding carboxylic acids is 1. The molecule has 3 aromatic carbocycles. The third-order valence-electron chi connectivity index (χ3n) is 7.35. The van der Waals surface area contributed by atoms with E-state index in [1.165, 1.54) is 23.8 Å². The Hall–Kier alpha value is -5.31. The van der Waals surface area contributed by atoms with Crippen molar-refractivity contribution in [1.82, 2.24) is 19.4 Å². The van der Waals surface area contributed by atoms with Crippen LogP contribution in [-0.2, 0) is 4.79 Å². The van der Waals surface area contributed by atoms with E-state index in [0.29, 0.717) is 31.7 Å². The van der Waals surface area contributed by atoms with Crippen molar-refractivity contribution in [3.05, 3.63) is 119 Å². The number of fused-ring (bicyclic) bond motifs is 1. The maximum atomic E-state index is 12.9. The normalized spacial score (nSPS) is 13.7. The van der Waals surface area contributed by atoms with Gasteiger partial charge in [0.25, 0.3) is 5.69 Å². The number of nitro groups is 1. The van der Waals surface area contributed by atoms with Crippen molar-refractivity contribution in [2.24, 2.45) is 0 Å². The highest BCUT2D eigenvalue weighted by atomic mass is 16.6. The number of piperazine rings is 1. The average Bonchev–Trinajstić information content (AvgIpc) is 3.41. The summed E-state index contributed by atoms with van der Waals surface area (Å²) >= 11 is 0. The Bertz CT molecular complexity index is 1750. The van der Waals surface area contributed by atoms with Crippen molar-refractivity contribution >= 4 is 34.5 Å². The summed E-state index contributed by atoms with van der Waals surface area (Å²) < 4.78 is 2.11. The molecule has 1 fully saturated rings. The lowest BCUT2D eigenvalue weighted by Crippen LogP contribution is -2.48. The van der Waals surface area contributed by atoms with Crippen LogP contribution in [0.3, 0.4) is 0 Å². The van der Waals surface area contributed by atoms with Crippen molar-refractivity contribution in [2.75, 3.05) is 31.1 Å². The quantitative estimate of drug-likeness (QED) is 0.155. The smallest absolute Gasteiger partial charge is 0.270 e. The van der Waals surface area contributed by atoms with Crippen LogP contribution in [0.4, 0.5) is 11.5 Å². The minimum Gasteiger partial charge on any atom is -0.352 e. The van der Waals surface area contributed by atoms with E-state index in [9.17, 15) is 14.9 Å². The maximum Gasteiger partial charge on any atom is 0.270 e. The van der Waals surface area contributed by atoms with Gasteiger partial charge in [0.05, 0.1) is 10.3 Å². The fourth-order valence-corrected chi connectivity index (χ4v) is 5.18. The summed E-state index contributed by atoms with van der Waals surface area (Å²) in [7, 11) is 0. The molecule has 9 nitrogen and oxygen atoms in total. The summed E-state index contributed by atoms with van der Waals surface area (Å²) in [5, 5.41) is 12.0. The molecule has 0 aliphatic carbocycles. The van der Waals surface area contributed by atoms with E-state index in [-0.39, 0.29) is 11.6 Å². The van der Waals surface area contributed by atoms with E-state index in [0.717, 1.165) is 33.7 Å². The molecule has 2 aromatic heterocycles. The van der Waals surface area contributed by atoms with E-state index in [1.54, 1.807) is 29.4 Å². The maximum absolute atomic E-state index is 12.9. The van der Waals surface area contributed by atoms with Gasteiger partial charge in [-0.3, -0.25) is 14.9 Å². The molecule has 1 aliphatic rings. The molecule has 0 atom stereocenters. The number of hydrogen-bond acceptors (Lipinski definition) is 6. The number of anilines is 1. The first kappa shape index (κ1) is 25.9. The first-order valence-electron chi connectivity index (χ1n) is 13.4. The zero-order valence-electron chi connectivity index (χ0n) is 22.6. The van der Waals surface area contributed by atoms with Crippen LogP contribution in [0.5, 0.6) is 0 Å². The van der Waals surface area contributed by atoms with Crippen molar-refractivity contribution in [2.45, 2.75) is 6.92 Å². The molecule has 204 valence electrons. The summed E-state index contributed by atoms with van der Waals surface area (Å²) in [6, 6.07) is 24.8. The highest BCUT2D eigenvalue weighted by Crippen LogP contribution is 2.37. The second-order valence-electron chi connectivity index (χ2n) is 10.0. The summed E-state index contributed by atoms with van der Waals surface area (Å²) in [4.78, 5) is 37.0. The van der Waals surface area contributed by atoms with Gasteiger partial charge in [-0.05, 0) is 36.3 Å². The van der Waals surface area contributed by atoms with Crippen LogP contribution in [0, 0.1) is 17.0 Å². The molecule has 41 heavy (non-hydrogen) atoms. The fraction of sp³-hybridized carbons (Fsp3) is 0.156. The zero-order valence-corrected chi connectivity index (χ0v) is 22.6. The second-order valence-corrected chi connectivity index (χ2v) is 10.0. The average molecular weight is 545 g/mol. The third-order valence-corrected chi connectivity index (χ3v) is 7.35. The molecule has 5 aromatic rings. The number of non-ortho nitro benzene ring substituents is 1. The van der Waals surface area contributed by atoms with Crippen LogP contribution < -0.4 is 4.90 Å². The third kappa shape index (κ3) is 5.29. The van der Waals surface area contributed by atoms with Gasteiger partial charge < -0.3 is 14.4 Å². The van der Waals surface area contributed by atoms with Gasteiger partial charge in [-0.1, -0.05) is 60.2 Å². The van der Waals surface area contributed by atoms with E-state index >= 15 is 0 Å². The Morgan fingerprint density at radius 2 is 1.68 bits per heavy atom. The predicted octanol–water partition coefficient (Wildman–Crippen LogP) is 5.67. The van der Waals surface area contributed by atoms with Crippen molar-refractivity contribution in [3.63, 3.8) is 0 Å². The monoisotopic (exact) mass is 544 g/mol. The first-order chi connectivity index (χ1) is 20.0. The molecule has 0 bridgehead atoms. The minimum atomic E-state index is -0.444. The lowest BCUT2D eigenvalue weighted by atomic mass is 10.1. The molecule has 9 heteroatoms. The molecule has 0 spiro atoms. The van der Waals surface area contributed by atoms with Gasteiger partial charge in [-0.2, -0.15) is 0 Å². The number of nitro benzene ring substituents is 1. The number of benzene rings is 3. The molecular weight excluding hydrogens is 516 g/mol. The number of rotatable bonds is 6. The van der Waals surface area contributed by atoms with E-state index in [2.05, 4.69) is 59.0 Å². The highest BCUT2D eigenvalue weighted by Gasteiger charge is 2.25. The van der Waals surface area contributed by atoms with Crippen molar-refractivity contribution < 1.29 is 9.72 Å². The van der Waals surface area contributed by atoms with Gasteiger partial charge in [-0.25, -0.2) is 9.97 Å². The molecular formula is C32H28N6O3. The number of carbonyl (C=O) groups is 1. The summed E-state index contributed by atoms with van der Waals surface area (Å²) in [5.41, 5.74) is 5.79. The predicted molar refractivity (Wildman–Crippen MR) is 160 cm³/mol. The minimum absolute atomic E-state index is 0.00420. The summed E-state index contributed by atoms with van der Waals surface area (Å²) in [6.07, 6.45) is 6.83. The van der Waals surface area contributed by atoms with Crippen LogP contribution in [-0.4, -0.2) is 56.4 Å². The van der Waals surface area contributed by atoms with Crippen LogP contribution in [0.1, 0.15) is 11.1 Å². The molecule has 0 radical (unpaired) electrons. The molecule has 0 saturated carbocycles. The molecule has 1 aliphatic heterocycles. The van der Waals surface area contributed by atoms with Gasteiger partial charge in [0.1, 0.15) is 12.1 Å². The molecule has 6 rings (SSSR count). The van der Waals surface area contributed by atoms with Crippen LogP contribution in [0.25, 0.3) is 33.9 Å². The number of aromatic nitrogens is 3. The summed E-state index contributed by atoms with van der Waals surface area (Å²) in [5.74, 6) is 0.721. The number of aryl methyl sites for hydroxylation is 1. The Kier molecular flexibility index (Phi) is 6.99. The number of hydrogen-bond donors (Lipinski definition) is 0.